The van der Waals surface area contributed by atoms with Crippen LogP contribution in [0.4, 0.5) is 0 Å². The minimum absolute atomic E-state index is 0.404. The number of nitrogens with zero attached hydrogens (tertiary/aromatic N) is 1. The van der Waals surface area contributed by atoms with E-state index in [2.05, 4.69) is 22.5 Å². The third-order valence-electron chi connectivity index (χ3n) is 5.15. The molecule has 138 valence electrons. The highest BCUT2D eigenvalue weighted by molar-refractivity contribution is 5.92. The van der Waals surface area contributed by atoms with Crippen molar-refractivity contribution < 1.29 is 14.3 Å². The molecular formula is C19H29N3O3. The highest BCUT2D eigenvalue weighted by atomic mass is 16.5. The summed E-state index contributed by atoms with van der Waals surface area (Å²) in [5.74, 6) is 0.892. The van der Waals surface area contributed by atoms with Gasteiger partial charge < -0.3 is 20.1 Å². The minimum Gasteiger partial charge on any atom is -0.496 e. The number of hydrogen-bond donors (Lipinski definition) is 2. The zero-order valence-corrected chi connectivity index (χ0v) is 15.6. The molecule has 0 aromatic heterocycles. The van der Waals surface area contributed by atoms with E-state index >= 15 is 0 Å². The Kier molecular flexibility index (Phi) is 6.67. The molecule has 0 spiro atoms. The molecule has 0 atom stereocenters. The molecule has 6 heteroatoms. The Labute approximate surface area is 150 Å². The van der Waals surface area contributed by atoms with Crippen molar-refractivity contribution in [3.63, 3.8) is 0 Å². The Morgan fingerprint density at radius 2 is 2.04 bits per heavy atom. The van der Waals surface area contributed by atoms with Gasteiger partial charge in [0.1, 0.15) is 11.3 Å². The largest absolute Gasteiger partial charge is 0.496 e. The monoisotopic (exact) mass is 347 g/mol. The first kappa shape index (κ1) is 19.1. The van der Waals surface area contributed by atoms with E-state index in [1.54, 1.807) is 20.2 Å². The molecule has 1 aliphatic rings. The molecule has 2 N–H and O–H groups in total. The van der Waals surface area contributed by atoms with E-state index in [9.17, 15) is 4.79 Å². The lowest BCUT2D eigenvalue weighted by atomic mass is 9.67. The van der Waals surface area contributed by atoms with Gasteiger partial charge in [0.05, 0.1) is 14.2 Å². The minimum atomic E-state index is -0.404. The summed E-state index contributed by atoms with van der Waals surface area (Å²) in [7, 11) is 4.68. The van der Waals surface area contributed by atoms with Crippen LogP contribution < -0.4 is 15.4 Å². The summed E-state index contributed by atoms with van der Waals surface area (Å²) in [4.78, 5) is 16.0. The van der Waals surface area contributed by atoms with Crippen molar-refractivity contribution in [3.05, 3.63) is 29.3 Å². The lowest BCUT2D eigenvalue weighted by molar-refractivity contribution is 0.0597. The number of methoxy groups -OCH3 is 2. The molecule has 2 rings (SSSR count). The fourth-order valence-corrected chi connectivity index (χ4v) is 3.13. The molecule has 0 heterocycles. The second kappa shape index (κ2) is 8.74. The van der Waals surface area contributed by atoms with Crippen molar-refractivity contribution in [2.24, 2.45) is 10.4 Å². The van der Waals surface area contributed by atoms with Crippen molar-refractivity contribution in [1.29, 1.82) is 0 Å². The van der Waals surface area contributed by atoms with Crippen LogP contribution in [0.15, 0.2) is 23.2 Å². The number of benzene rings is 1. The second-order valence-corrected chi connectivity index (χ2v) is 6.51. The van der Waals surface area contributed by atoms with Crippen LogP contribution in [-0.4, -0.2) is 39.7 Å². The molecular weight excluding hydrogens is 318 g/mol. The van der Waals surface area contributed by atoms with Crippen molar-refractivity contribution in [2.45, 2.75) is 39.2 Å². The standard InChI is InChI=1S/C19H29N3O3/c1-5-19(9-6-10-19)13-22-18(20-2)21-12-14-7-8-15(17(23)25-4)16(11-14)24-3/h7-8,11H,5-6,9-10,12-13H2,1-4H3,(H2,20,21,22). The molecule has 0 saturated heterocycles. The number of nitrogens with one attached hydrogen (secondary N) is 2. The van der Waals surface area contributed by atoms with E-state index < -0.39 is 5.97 Å². The first-order valence-corrected chi connectivity index (χ1v) is 8.77. The van der Waals surface area contributed by atoms with E-state index in [-0.39, 0.29) is 0 Å². The van der Waals surface area contributed by atoms with E-state index in [1.165, 1.54) is 32.8 Å². The highest BCUT2D eigenvalue weighted by Crippen LogP contribution is 2.42. The summed E-state index contributed by atoms with van der Waals surface area (Å²) < 4.78 is 10.1. The lowest BCUT2D eigenvalue weighted by Gasteiger charge is -2.41. The Hall–Kier alpha value is -2.24. The number of guanidine groups is 1. The number of aliphatic imine (C=N–C) groups is 1. The fraction of sp³-hybridized carbons (Fsp3) is 0.579. The van der Waals surface area contributed by atoms with E-state index in [0.717, 1.165) is 18.1 Å². The Balaban J connectivity index is 1.93. The summed E-state index contributed by atoms with van der Waals surface area (Å²) in [5.41, 5.74) is 1.86. The molecule has 0 amide bonds. The Bertz CT molecular complexity index is 619. The average molecular weight is 347 g/mol. The lowest BCUT2D eigenvalue weighted by Crippen LogP contribution is -2.46. The van der Waals surface area contributed by atoms with Gasteiger partial charge >= 0.3 is 5.97 Å². The highest BCUT2D eigenvalue weighted by Gasteiger charge is 2.34. The van der Waals surface area contributed by atoms with E-state index in [4.69, 9.17) is 9.47 Å². The maximum atomic E-state index is 11.7. The van der Waals surface area contributed by atoms with Gasteiger partial charge in [-0.05, 0) is 42.4 Å². The van der Waals surface area contributed by atoms with Crippen LogP contribution in [0.3, 0.4) is 0 Å². The van der Waals surface area contributed by atoms with Crippen LogP contribution >= 0.6 is 0 Å². The smallest absolute Gasteiger partial charge is 0.341 e. The third kappa shape index (κ3) is 4.65. The van der Waals surface area contributed by atoms with Gasteiger partial charge in [0, 0.05) is 20.1 Å². The van der Waals surface area contributed by atoms with Crippen LogP contribution in [0.2, 0.25) is 0 Å². The van der Waals surface area contributed by atoms with Crippen LogP contribution in [0, 0.1) is 5.41 Å². The van der Waals surface area contributed by atoms with Crippen LogP contribution in [0.5, 0.6) is 5.75 Å². The van der Waals surface area contributed by atoms with Gasteiger partial charge in [-0.25, -0.2) is 4.79 Å². The molecule has 0 unspecified atom stereocenters. The average Bonchev–Trinajstić information content (AvgIpc) is 2.62. The molecule has 1 fully saturated rings. The summed E-state index contributed by atoms with van der Waals surface area (Å²) in [6, 6.07) is 5.44. The molecule has 0 radical (unpaired) electrons. The number of hydrogen-bond acceptors (Lipinski definition) is 4. The SMILES string of the molecule is CCC1(CNC(=NC)NCc2ccc(C(=O)OC)c(OC)c2)CCC1. The number of esters is 1. The second-order valence-electron chi connectivity index (χ2n) is 6.51. The number of rotatable bonds is 7. The molecule has 25 heavy (non-hydrogen) atoms. The quantitative estimate of drug-likeness (QED) is 0.451. The molecule has 1 saturated carbocycles. The number of carbonyl (C=O) groups excluding carboxylic acids is 1. The summed E-state index contributed by atoms with van der Waals surface area (Å²) in [6.07, 6.45) is 5.11. The number of ether oxygens (including phenoxy) is 2. The summed E-state index contributed by atoms with van der Waals surface area (Å²) >= 11 is 0. The predicted molar refractivity (Wildman–Crippen MR) is 99.1 cm³/mol. The van der Waals surface area contributed by atoms with Crippen molar-refractivity contribution in [2.75, 3.05) is 27.8 Å². The first-order valence-electron chi connectivity index (χ1n) is 8.77. The van der Waals surface area contributed by atoms with E-state index in [1.807, 2.05) is 12.1 Å². The topological polar surface area (TPSA) is 72.0 Å². The Morgan fingerprint density at radius 3 is 2.56 bits per heavy atom. The van der Waals surface area contributed by atoms with Crippen LogP contribution in [0.1, 0.15) is 48.5 Å². The predicted octanol–water partition coefficient (Wildman–Crippen LogP) is 2.73. The third-order valence-corrected chi connectivity index (χ3v) is 5.15. The molecule has 0 aliphatic heterocycles. The molecule has 6 nitrogen and oxygen atoms in total. The van der Waals surface area contributed by atoms with Crippen molar-refractivity contribution in [3.8, 4) is 5.75 Å². The van der Waals surface area contributed by atoms with Gasteiger partial charge in [-0.3, -0.25) is 4.99 Å². The zero-order chi connectivity index (χ0) is 18.3. The zero-order valence-electron chi connectivity index (χ0n) is 15.6. The van der Waals surface area contributed by atoms with E-state index in [0.29, 0.717) is 23.3 Å². The van der Waals surface area contributed by atoms with Crippen LogP contribution in [0.25, 0.3) is 0 Å². The maximum Gasteiger partial charge on any atom is 0.341 e. The summed E-state index contributed by atoms with van der Waals surface area (Å²) in [5, 5.41) is 6.75. The van der Waals surface area contributed by atoms with Gasteiger partial charge in [-0.15, -0.1) is 0 Å². The normalized spacial score (nSPS) is 15.9. The summed E-state index contributed by atoms with van der Waals surface area (Å²) in [6.45, 7) is 3.80. The molecule has 1 aromatic carbocycles. The van der Waals surface area contributed by atoms with Gasteiger partial charge in [0.2, 0.25) is 0 Å². The van der Waals surface area contributed by atoms with Gasteiger partial charge in [-0.2, -0.15) is 0 Å². The van der Waals surface area contributed by atoms with Gasteiger partial charge in [0.25, 0.3) is 0 Å². The first-order chi connectivity index (χ1) is 12.1. The molecule has 0 bridgehead atoms. The fourth-order valence-electron chi connectivity index (χ4n) is 3.13. The molecule has 1 aromatic rings. The number of carbonyl (C=O) groups is 1. The van der Waals surface area contributed by atoms with Crippen LogP contribution in [-0.2, 0) is 11.3 Å². The van der Waals surface area contributed by atoms with Gasteiger partial charge in [0.15, 0.2) is 5.96 Å². The Morgan fingerprint density at radius 1 is 1.28 bits per heavy atom. The van der Waals surface area contributed by atoms with Crippen molar-refractivity contribution in [1.82, 2.24) is 10.6 Å². The maximum absolute atomic E-state index is 11.7. The molecule has 1 aliphatic carbocycles. The van der Waals surface area contributed by atoms with Gasteiger partial charge in [-0.1, -0.05) is 19.4 Å². The van der Waals surface area contributed by atoms with Crippen molar-refractivity contribution >= 4 is 11.9 Å².